The van der Waals surface area contributed by atoms with Crippen LogP contribution in [0.2, 0.25) is 0 Å². The second-order valence-electron chi connectivity index (χ2n) is 4.77. The molecule has 3 aromatic rings. The molecule has 2 aromatic heterocycles. The monoisotopic (exact) mass is 284 g/mol. The van der Waals surface area contributed by atoms with Gasteiger partial charge in [0.15, 0.2) is 11.6 Å². The number of rotatable bonds is 5. The van der Waals surface area contributed by atoms with Gasteiger partial charge in [0.2, 0.25) is 11.8 Å². The molecular formula is C15H16N4O2. The first kappa shape index (κ1) is 13.5. The van der Waals surface area contributed by atoms with Gasteiger partial charge in [0.25, 0.3) is 0 Å². The highest BCUT2D eigenvalue weighted by molar-refractivity contribution is 5.55. The van der Waals surface area contributed by atoms with Crippen LogP contribution < -0.4 is 5.32 Å². The highest BCUT2D eigenvalue weighted by Crippen LogP contribution is 2.22. The van der Waals surface area contributed by atoms with E-state index in [1.165, 1.54) is 0 Å². The molecule has 6 heteroatoms. The van der Waals surface area contributed by atoms with Crippen molar-refractivity contribution in [1.82, 2.24) is 20.4 Å². The first-order valence-corrected chi connectivity index (χ1v) is 6.76. The lowest BCUT2D eigenvalue weighted by Gasteiger charge is -2.07. The van der Waals surface area contributed by atoms with Crippen LogP contribution in [-0.2, 0) is 6.54 Å². The zero-order valence-corrected chi connectivity index (χ0v) is 11.9. The van der Waals surface area contributed by atoms with Gasteiger partial charge in [0, 0.05) is 5.56 Å². The number of hydrogen-bond donors (Lipinski definition) is 1. The summed E-state index contributed by atoms with van der Waals surface area (Å²) >= 11 is 0. The number of oxazole rings is 1. The minimum Gasteiger partial charge on any atom is -0.439 e. The summed E-state index contributed by atoms with van der Waals surface area (Å²) in [5.74, 6) is 2.56. The van der Waals surface area contributed by atoms with E-state index >= 15 is 0 Å². The molecule has 6 nitrogen and oxygen atoms in total. The standard InChI is InChI=1S/C15H16N4O2/c1-10(16-9-14-18-11(2)19-21-14)15-17-8-13(20-15)12-6-4-3-5-7-12/h3-8,10,16H,9H2,1-2H3. The summed E-state index contributed by atoms with van der Waals surface area (Å²) in [5.41, 5.74) is 1.01. The van der Waals surface area contributed by atoms with Crippen molar-refractivity contribution in [2.75, 3.05) is 0 Å². The topological polar surface area (TPSA) is 77.0 Å². The van der Waals surface area contributed by atoms with Crippen LogP contribution in [0.15, 0.2) is 45.5 Å². The van der Waals surface area contributed by atoms with Gasteiger partial charge in [-0.05, 0) is 13.8 Å². The molecule has 0 aliphatic rings. The number of aromatic nitrogens is 3. The molecular weight excluding hydrogens is 268 g/mol. The van der Waals surface area contributed by atoms with E-state index in [1.807, 2.05) is 37.3 Å². The van der Waals surface area contributed by atoms with Gasteiger partial charge >= 0.3 is 0 Å². The smallest absolute Gasteiger partial charge is 0.240 e. The van der Waals surface area contributed by atoms with Crippen molar-refractivity contribution in [2.45, 2.75) is 26.4 Å². The summed E-state index contributed by atoms with van der Waals surface area (Å²) in [6.07, 6.45) is 1.74. The second kappa shape index (κ2) is 5.88. The molecule has 0 amide bonds. The molecule has 108 valence electrons. The molecule has 2 heterocycles. The summed E-state index contributed by atoms with van der Waals surface area (Å²) < 4.78 is 10.8. The molecule has 0 fully saturated rings. The Bertz CT molecular complexity index is 705. The van der Waals surface area contributed by atoms with Gasteiger partial charge in [-0.3, -0.25) is 5.32 Å². The molecule has 1 N–H and O–H groups in total. The van der Waals surface area contributed by atoms with Crippen molar-refractivity contribution in [3.05, 3.63) is 54.1 Å². The van der Waals surface area contributed by atoms with Crippen LogP contribution in [0.25, 0.3) is 11.3 Å². The molecule has 3 rings (SSSR count). The van der Waals surface area contributed by atoms with Crippen LogP contribution >= 0.6 is 0 Å². The van der Waals surface area contributed by atoms with E-state index < -0.39 is 0 Å². The predicted octanol–water partition coefficient (Wildman–Crippen LogP) is 2.88. The number of hydrogen-bond acceptors (Lipinski definition) is 6. The SMILES string of the molecule is Cc1noc(CNC(C)c2ncc(-c3ccccc3)o2)n1. The molecule has 0 aliphatic heterocycles. The first-order chi connectivity index (χ1) is 10.2. The van der Waals surface area contributed by atoms with Crippen LogP contribution in [0, 0.1) is 6.92 Å². The summed E-state index contributed by atoms with van der Waals surface area (Å²) in [6.45, 7) is 4.24. The Kier molecular flexibility index (Phi) is 3.79. The average molecular weight is 284 g/mol. The Balaban J connectivity index is 1.65. The summed E-state index contributed by atoms with van der Waals surface area (Å²) in [4.78, 5) is 8.45. The van der Waals surface area contributed by atoms with Crippen molar-refractivity contribution in [1.29, 1.82) is 0 Å². The quantitative estimate of drug-likeness (QED) is 0.776. The second-order valence-corrected chi connectivity index (χ2v) is 4.77. The fraction of sp³-hybridized carbons (Fsp3) is 0.267. The van der Waals surface area contributed by atoms with E-state index in [0.29, 0.717) is 24.2 Å². The van der Waals surface area contributed by atoms with Crippen LogP contribution in [0.1, 0.15) is 30.6 Å². The molecule has 1 unspecified atom stereocenters. The van der Waals surface area contributed by atoms with Crippen molar-refractivity contribution >= 4 is 0 Å². The largest absolute Gasteiger partial charge is 0.439 e. The lowest BCUT2D eigenvalue weighted by Crippen LogP contribution is -2.18. The zero-order valence-electron chi connectivity index (χ0n) is 11.9. The Labute approximate surface area is 122 Å². The lowest BCUT2D eigenvalue weighted by atomic mass is 10.2. The summed E-state index contributed by atoms with van der Waals surface area (Å²) in [6, 6.07) is 9.84. The Morgan fingerprint density at radius 2 is 2.05 bits per heavy atom. The lowest BCUT2D eigenvalue weighted by molar-refractivity contribution is 0.346. The molecule has 0 spiro atoms. The van der Waals surface area contributed by atoms with Crippen LogP contribution in [0.3, 0.4) is 0 Å². The van der Waals surface area contributed by atoms with E-state index in [1.54, 1.807) is 13.1 Å². The molecule has 0 bridgehead atoms. The normalized spacial score (nSPS) is 12.5. The zero-order chi connectivity index (χ0) is 14.7. The molecule has 0 saturated heterocycles. The number of benzene rings is 1. The van der Waals surface area contributed by atoms with Gasteiger partial charge in [-0.2, -0.15) is 4.98 Å². The fourth-order valence-electron chi connectivity index (χ4n) is 1.96. The van der Waals surface area contributed by atoms with Crippen LogP contribution in [0.4, 0.5) is 0 Å². The Morgan fingerprint density at radius 1 is 1.24 bits per heavy atom. The summed E-state index contributed by atoms with van der Waals surface area (Å²) in [7, 11) is 0. The maximum absolute atomic E-state index is 5.78. The van der Waals surface area contributed by atoms with Crippen molar-refractivity contribution < 1.29 is 8.94 Å². The maximum atomic E-state index is 5.78. The Morgan fingerprint density at radius 3 is 2.76 bits per heavy atom. The fourth-order valence-corrected chi connectivity index (χ4v) is 1.96. The average Bonchev–Trinajstić information content (AvgIpc) is 3.15. The van der Waals surface area contributed by atoms with Gasteiger partial charge < -0.3 is 8.94 Å². The van der Waals surface area contributed by atoms with Gasteiger partial charge in [-0.1, -0.05) is 35.5 Å². The molecule has 21 heavy (non-hydrogen) atoms. The Hall–Kier alpha value is -2.47. The molecule has 1 aromatic carbocycles. The molecule has 0 aliphatic carbocycles. The minimum absolute atomic E-state index is 0.0466. The van der Waals surface area contributed by atoms with Gasteiger partial charge in [-0.15, -0.1) is 0 Å². The van der Waals surface area contributed by atoms with E-state index in [4.69, 9.17) is 8.94 Å². The third kappa shape index (κ3) is 3.17. The molecule has 0 saturated carbocycles. The van der Waals surface area contributed by atoms with Crippen LogP contribution in [0.5, 0.6) is 0 Å². The molecule has 1 atom stereocenters. The van der Waals surface area contributed by atoms with Gasteiger partial charge in [-0.25, -0.2) is 4.98 Å². The van der Waals surface area contributed by atoms with Gasteiger partial charge in [0.05, 0.1) is 18.8 Å². The summed E-state index contributed by atoms with van der Waals surface area (Å²) in [5, 5.41) is 6.99. The van der Waals surface area contributed by atoms with Gasteiger partial charge in [0.1, 0.15) is 0 Å². The van der Waals surface area contributed by atoms with Crippen molar-refractivity contribution in [3.8, 4) is 11.3 Å². The maximum Gasteiger partial charge on any atom is 0.240 e. The van der Waals surface area contributed by atoms with E-state index in [9.17, 15) is 0 Å². The first-order valence-electron chi connectivity index (χ1n) is 6.76. The number of nitrogens with zero attached hydrogens (tertiary/aromatic N) is 3. The minimum atomic E-state index is -0.0466. The van der Waals surface area contributed by atoms with Crippen molar-refractivity contribution in [2.24, 2.45) is 0 Å². The highest BCUT2D eigenvalue weighted by atomic mass is 16.5. The van der Waals surface area contributed by atoms with E-state index in [0.717, 1.165) is 11.3 Å². The van der Waals surface area contributed by atoms with Crippen molar-refractivity contribution in [3.63, 3.8) is 0 Å². The predicted molar refractivity (Wildman–Crippen MR) is 76.2 cm³/mol. The van der Waals surface area contributed by atoms with E-state index in [-0.39, 0.29) is 6.04 Å². The molecule has 0 radical (unpaired) electrons. The highest BCUT2D eigenvalue weighted by Gasteiger charge is 2.14. The third-order valence-corrected chi connectivity index (χ3v) is 3.08. The number of nitrogens with one attached hydrogen (secondary N) is 1. The van der Waals surface area contributed by atoms with E-state index in [2.05, 4.69) is 20.4 Å². The number of aryl methyl sites for hydroxylation is 1. The van der Waals surface area contributed by atoms with Crippen LogP contribution in [-0.4, -0.2) is 15.1 Å². The third-order valence-electron chi connectivity index (χ3n) is 3.08.